The molecule has 1 aromatic rings. The molecule has 0 heterocycles. The number of ether oxygens (including phenoxy) is 1. The molecular formula is C11H16BrFN2O3S. The van der Waals surface area contributed by atoms with Crippen molar-refractivity contribution in [2.24, 2.45) is 5.14 Å². The monoisotopic (exact) mass is 354 g/mol. The van der Waals surface area contributed by atoms with Gasteiger partial charge in [0.15, 0.2) is 0 Å². The number of primary sulfonamides is 1. The van der Waals surface area contributed by atoms with E-state index in [1.165, 1.54) is 0 Å². The first-order valence-electron chi connectivity index (χ1n) is 5.51. The molecule has 0 aliphatic heterocycles. The Morgan fingerprint density at radius 1 is 1.42 bits per heavy atom. The summed E-state index contributed by atoms with van der Waals surface area (Å²) in [5.74, 6) is -0.669. The summed E-state index contributed by atoms with van der Waals surface area (Å²) in [4.78, 5) is 1.45. The summed E-state index contributed by atoms with van der Waals surface area (Å²) in [5, 5.41) is 4.90. The zero-order valence-electron chi connectivity index (χ0n) is 10.7. The number of nitrogens with two attached hydrogens (primary N) is 1. The van der Waals surface area contributed by atoms with E-state index in [0.717, 1.165) is 25.1 Å². The largest absolute Gasteiger partial charge is 0.492 e. The number of benzene rings is 1. The molecule has 0 saturated carbocycles. The van der Waals surface area contributed by atoms with Crippen molar-refractivity contribution in [2.75, 3.05) is 27.2 Å². The Morgan fingerprint density at radius 3 is 2.58 bits per heavy atom. The van der Waals surface area contributed by atoms with Crippen molar-refractivity contribution in [3.8, 4) is 5.75 Å². The van der Waals surface area contributed by atoms with E-state index in [2.05, 4.69) is 15.9 Å². The van der Waals surface area contributed by atoms with Crippen LogP contribution in [0.3, 0.4) is 0 Å². The molecule has 1 rings (SSSR count). The van der Waals surface area contributed by atoms with Crippen molar-refractivity contribution in [3.63, 3.8) is 0 Å². The molecule has 0 aromatic heterocycles. The minimum Gasteiger partial charge on any atom is -0.492 e. The number of hydrogen-bond acceptors (Lipinski definition) is 4. The number of sulfonamides is 1. The molecular weight excluding hydrogens is 339 g/mol. The Labute approximate surface area is 120 Å². The van der Waals surface area contributed by atoms with Gasteiger partial charge in [0, 0.05) is 12.6 Å². The Bertz CT molecular complexity index is 549. The molecule has 0 aliphatic carbocycles. The third kappa shape index (κ3) is 5.06. The van der Waals surface area contributed by atoms with Gasteiger partial charge in [-0.15, -0.1) is 0 Å². The maximum Gasteiger partial charge on any atom is 0.241 e. The van der Waals surface area contributed by atoms with Crippen LogP contribution in [0.15, 0.2) is 21.5 Å². The second-order valence-corrected chi connectivity index (χ2v) is 6.65. The predicted octanol–water partition coefficient (Wildman–Crippen LogP) is 1.57. The molecule has 0 aliphatic rings. The Morgan fingerprint density at radius 2 is 2.05 bits per heavy atom. The van der Waals surface area contributed by atoms with Crippen molar-refractivity contribution in [1.82, 2.24) is 4.90 Å². The van der Waals surface area contributed by atoms with E-state index in [9.17, 15) is 12.8 Å². The molecule has 0 fully saturated rings. The first kappa shape index (κ1) is 16.4. The summed E-state index contributed by atoms with van der Waals surface area (Å²) in [6.07, 6.45) is 0.776. The first-order chi connectivity index (χ1) is 8.71. The van der Waals surface area contributed by atoms with Crippen LogP contribution in [0.2, 0.25) is 0 Å². The molecule has 0 atom stereocenters. The van der Waals surface area contributed by atoms with Gasteiger partial charge in [-0.2, -0.15) is 0 Å². The average molecular weight is 355 g/mol. The normalized spacial score (nSPS) is 11.9. The smallest absolute Gasteiger partial charge is 0.241 e. The molecule has 0 spiro atoms. The van der Waals surface area contributed by atoms with Crippen LogP contribution >= 0.6 is 15.9 Å². The molecule has 2 N–H and O–H groups in total. The van der Waals surface area contributed by atoms with Gasteiger partial charge in [-0.25, -0.2) is 17.9 Å². The molecule has 108 valence electrons. The van der Waals surface area contributed by atoms with Crippen LogP contribution in [-0.2, 0) is 10.0 Å². The van der Waals surface area contributed by atoms with Gasteiger partial charge in [0.25, 0.3) is 0 Å². The highest BCUT2D eigenvalue weighted by atomic mass is 79.9. The molecule has 0 bridgehead atoms. The summed E-state index contributed by atoms with van der Waals surface area (Å²) in [6, 6.07) is 2.12. The minimum atomic E-state index is -4.08. The maximum atomic E-state index is 13.6. The van der Waals surface area contributed by atoms with Crippen LogP contribution < -0.4 is 9.88 Å². The van der Waals surface area contributed by atoms with Crippen LogP contribution in [0, 0.1) is 5.82 Å². The third-order valence-electron chi connectivity index (χ3n) is 2.30. The van der Waals surface area contributed by atoms with Gasteiger partial charge < -0.3 is 9.64 Å². The SMILES string of the molecule is CN(C)CCCOc1cc(F)c(S(N)(=O)=O)cc1Br. The summed E-state index contributed by atoms with van der Waals surface area (Å²) < 4.78 is 41.6. The summed E-state index contributed by atoms with van der Waals surface area (Å²) >= 11 is 3.13. The molecule has 19 heavy (non-hydrogen) atoms. The van der Waals surface area contributed by atoms with Gasteiger partial charge >= 0.3 is 0 Å². The molecule has 5 nitrogen and oxygen atoms in total. The van der Waals surface area contributed by atoms with Crippen molar-refractivity contribution < 1.29 is 17.5 Å². The number of nitrogens with zero attached hydrogens (tertiary/aromatic N) is 1. The summed E-state index contributed by atoms with van der Waals surface area (Å²) in [6.45, 7) is 1.25. The zero-order valence-corrected chi connectivity index (χ0v) is 13.1. The van der Waals surface area contributed by atoms with Gasteiger partial charge in [-0.3, -0.25) is 0 Å². The second-order valence-electron chi connectivity index (χ2n) is 4.26. The molecule has 0 saturated heterocycles. The maximum absolute atomic E-state index is 13.6. The predicted molar refractivity (Wildman–Crippen MR) is 74.1 cm³/mol. The van der Waals surface area contributed by atoms with Gasteiger partial charge in [0.2, 0.25) is 10.0 Å². The molecule has 8 heteroatoms. The molecule has 0 unspecified atom stereocenters. The van der Waals surface area contributed by atoms with E-state index in [1.807, 2.05) is 19.0 Å². The average Bonchev–Trinajstić information content (AvgIpc) is 2.26. The molecule has 0 amide bonds. The van der Waals surface area contributed by atoms with Crippen LogP contribution in [0.4, 0.5) is 4.39 Å². The molecule has 1 aromatic carbocycles. The first-order valence-corrected chi connectivity index (χ1v) is 7.85. The Hall–Kier alpha value is -0.700. The summed E-state index contributed by atoms with van der Waals surface area (Å²) in [5.41, 5.74) is 0. The fraction of sp³-hybridized carbons (Fsp3) is 0.455. The Kier molecular flexibility index (Phi) is 5.72. The van der Waals surface area contributed by atoms with E-state index in [1.54, 1.807) is 0 Å². The van der Waals surface area contributed by atoms with Crippen LogP contribution in [0.25, 0.3) is 0 Å². The fourth-order valence-electron chi connectivity index (χ4n) is 1.40. The second kappa shape index (κ2) is 6.65. The highest BCUT2D eigenvalue weighted by Gasteiger charge is 2.17. The Balaban J connectivity index is 2.80. The van der Waals surface area contributed by atoms with E-state index in [4.69, 9.17) is 9.88 Å². The van der Waals surface area contributed by atoms with Crippen molar-refractivity contribution >= 4 is 26.0 Å². The minimum absolute atomic E-state index is 0.253. The lowest BCUT2D eigenvalue weighted by atomic mass is 10.3. The van der Waals surface area contributed by atoms with Crippen molar-refractivity contribution in [1.29, 1.82) is 0 Å². The quantitative estimate of drug-likeness (QED) is 0.787. The number of rotatable bonds is 6. The van der Waals surface area contributed by atoms with E-state index >= 15 is 0 Å². The van der Waals surface area contributed by atoms with Gasteiger partial charge in [-0.05, 0) is 42.5 Å². The number of halogens is 2. The lowest BCUT2D eigenvalue weighted by Crippen LogP contribution is -2.16. The lowest BCUT2D eigenvalue weighted by Gasteiger charge is -2.12. The number of hydrogen-bond donors (Lipinski definition) is 1. The van der Waals surface area contributed by atoms with Crippen LogP contribution in [0.5, 0.6) is 5.75 Å². The lowest BCUT2D eigenvalue weighted by molar-refractivity contribution is 0.279. The zero-order chi connectivity index (χ0) is 14.6. The molecule has 0 radical (unpaired) electrons. The van der Waals surface area contributed by atoms with Gasteiger partial charge in [0.05, 0.1) is 11.1 Å². The van der Waals surface area contributed by atoms with Crippen molar-refractivity contribution in [3.05, 3.63) is 22.4 Å². The van der Waals surface area contributed by atoms with Gasteiger partial charge in [0.1, 0.15) is 16.5 Å². The van der Waals surface area contributed by atoms with Gasteiger partial charge in [-0.1, -0.05) is 0 Å². The van der Waals surface area contributed by atoms with E-state index < -0.39 is 20.7 Å². The van der Waals surface area contributed by atoms with Crippen LogP contribution in [-0.4, -0.2) is 40.6 Å². The van der Waals surface area contributed by atoms with Crippen LogP contribution in [0.1, 0.15) is 6.42 Å². The highest BCUT2D eigenvalue weighted by Crippen LogP contribution is 2.29. The summed E-state index contributed by atoms with van der Waals surface area (Å²) in [7, 11) is -0.194. The van der Waals surface area contributed by atoms with Crippen molar-refractivity contribution in [2.45, 2.75) is 11.3 Å². The fourth-order valence-corrected chi connectivity index (χ4v) is 2.62. The van der Waals surface area contributed by atoms with E-state index in [0.29, 0.717) is 11.1 Å². The third-order valence-corrected chi connectivity index (χ3v) is 3.85. The standard InChI is InChI=1S/C11H16BrFN2O3S/c1-15(2)4-3-5-18-10-7-9(13)11(6-8(10)12)19(14,16)17/h6-7H,3-5H2,1-2H3,(H2,14,16,17). The highest BCUT2D eigenvalue weighted by molar-refractivity contribution is 9.10. The van der Waals surface area contributed by atoms with E-state index in [-0.39, 0.29) is 5.75 Å². The topological polar surface area (TPSA) is 72.6 Å².